The number of carboxylic acids is 1. The number of aliphatic hydroxyl groups is 1. The fourth-order valence-corrected chi connectivity index (χ4v) is 3.39. The Bertz CT molecular complexity index is 583. The molecule has 0 spiro atoms. The van der Waals surface area contributed by atoms with Crippen LogP contribution < -0.4 is 21.3 Å². The molecule has 6 N–H and O–H groups in total. The molecule has 0 bridgehead atoms. The second kappa shape index (κ2) is 12.7. The van der Waals surface area contributed by atoms with Crippen LogP contribution in [-0.4, -0.2) is 83.2 Å². The number of hydrogen-bond acceptors (Lipinski definition) is 7. The number of hydrogen-bond donors (Lipinski definition) is 6. The summed E-state index contributed by atoms with van der Waals surface area (Å²) < 4.78 is 0. The Labute approximate surface area is 174 Å². The van der Waals surface area contributed by atoms with Crippen molar-refractivity contribution < 1.29 is 29.4 Å². The SMILES string of the molecule is CSCCC(NC(=O)C(NC(=O)C(CO)NC(=O)C1CCCN1)C(C)C)C(=O)O. The van der Waals surface area contributed by atoms with E-state index < -0.39 is 48.6 Å². The molecule has 0 aliphatic carbocycles. The smallest absolute Gasteiger partial charge is 0.326 e. The maximum atomic E-state index is 12.6. The van der Waals surface area contributed by atoms with E-state index in [1.807, 2.05) is 6.26 Å². The number of nitrogens with one attached hydrogen (secondary N) is 4. The molecule has 1 fully saturated rings. The van der Waals surface area contributed by atoms with Gasteiger partial charge in [-0.1, -0.05) is 13.8 Å². The topological polar surface area (TPSA) is 157 Å². The van der Waals surface area contributed by atoms with Gasteiger partial charge >= 0.3 is 5.97 Å². The van der Waals surface area contributed by atoms with Gasteiger partial charge in [0, 0.05) is 0 Å². The van der Waals surface area contributed by atoms with E-state index in [-0.39, 0.29) is 18.2 Å². The van der Waals surface area contributed by atoms with Gasteiger partial charge in [0.25, 0.3) is 0 Å². The molecule has 1 heterocycles. The molecule has 1 rings (SSSR count). The average Bonchev–Trinajstić information content (AvgIpc) is 3.21. The number of carbonyl (C=O) groups is 4. The first-order chi connectivity index (χ1) is 13.7. The molecule has 1 aliphatic heterocycles. The Morgan fingerprint density at radius 2 is 1.79 bits per heavy atom. The Balaban J connectivity index is 2.73. The lowest BCUT2D eigenvalue weighted by Crippen LogP contribution is -2.59. The quantitative estimate of drug-likeness (QED) is 0.222. The molecule has 0 aromatic rings. The van der Waals surface area contributed by atoms with Crippen molar-refractivity contribution in [1.82, 2.24) is 21.3 Å². The molecule has 0 saturated carbocycles. The van der Waals surface area contributed by atoms with Crippen LogP contribution in [0.2, 0.25) is 0 Å². The molecule has 166 valence electrons. The number of thioether (sulfide) groups is 1. The molecule has 0 radical (unpaired) electrons. The lowest BCUT2D eigenvalue weighted by molar-refractivity contribution is -0.142. The molecular formula is C18H32N4O6S. The van der Waals surface area contributed by atoms with Gasteiger partial charge in [0.05, 0.1) is 12.6 Å². The fourth-order valence-electron chi connectivity index (χ4n) is 2.92. The second-order valence-electron chi connectivity index (χ2n) is 7.30. The molecule has 10 nitrogen and oxygen atoms in total. The highest BCUT2D eigenvalue weighted by atomic mass is 32.2. The van der Waals surface area contributed by atoms with Crippen molar-refractivity contribution in [2.24, 2.45) is 5.92 Å². The molecule has 0 aromatic carbocycles. The van der Waals surface area contributed by atoms with Gasteiger partial charge < -0.3 is 31.5 Å². The monoisotopic (exact) mass is 432 g/mol. The van der Waals surface area contributed by atoms with Crippen LogP contribution in [0.5, 0.6) is 0 Å². The Hall–Kier alpha value is -1.85. The van der Waals surface area contributed by atoms with Gasteiger partial charge in [0.2, 0.25) is 17.7 Å². The predicted molar refractivity (Wildman–Crippen MR) is 109 cm³/mol. The number of aliphatic hydroxyl groups excluding tert-OH is 1. The van der Waals surface area contributed by atoms with Crippen molar-refractivity contribution in [2.75, 3.05) is 25.2 Å². The van der Waals surface area contributed by atoms with Crippen molar-refractivity contribution in [3.63, 3.8) is 0 Å². The zero-order chi connectivity index (χ0) is 22.0. The summed E-state index contributed by atoms with van der Waals surface area (Å²) in [6, 6.07) is -3.68. The van der Waals surface area contributed by atoms with Crippen LogP contribution in [0.1, 0.15) is 33.1 Å². The van der Waals surface area contributed by atoms with Crippen LogP contribution in [0.3, 0.4) is 0 Å². The molecule has 0 aromatic heterocycles. The van der Waals surface area contributed by atoms with E-state index in [1.54, 1.807) is 13.8 Å². The van der Waals surface area contributed by atoms with Gasteiger partial charge in [-0.25, -0.2) is 4.79 Å². The Morgan fingerprint density at radius 1 is 1.10 bits per heavy atom. The van der Waals surface area contributed by atoms with Gasteiger partial charge in [-0.3, -0.25) is 14.4 Å². The van der Waals surface area contributed by atoms with Crippen LogP contribution in [-0.2, 0) is 19.2 Å². The fraction of sp³-hybridized carbons (Fsp3) is 0.778. The number of aliphatic carboxylic acids is 1. The molecule has 1 saturated heterocycles. The van der Waals surface area contributed by atoms with Crippen LogP contribution in [0.25, 0.3) is 0 Å². The van der Waals surface area contributed by atoms with Gasteiger partial charge in [0.15, 0.2) is 0 Å². The summed E-state index contributed by atoms with van der Waals surface area (Å²) in [5.74, 6) is -2.63. The van der Waals surface area contributed by atoms with Gasteiger partial charge in [-0.2, -0.15) is 11.8 Å². The lowest BCUT2D eigenvalue weighted by atomic mass is 10.0. The van der Waals surface area contributed by atoms with Crippen molar-refractivity contribution >= 4 is 35.5 Å². The highest BCUT2D eigenvalue weighted by Crippen LogP contribution is 2.07. The minimum Gasteiger partial charge on any atom is -0.480 e. The van der Waals surface area contributed by atoms with E-state index in [0.29, 0.717) is 18.7 Å². The van der Waals surface area contributed by atoms with Crippen LogP contribution in [0.15, 0.2) is 0 Å². The number of rotatable bonds is 12. The molecule has 4 unspecified atom stereocenters. The van der Waals surface area contributed by atoms with E-state index in [0.717, 1.165) is 6.42 Å². The van der Waals surface area contributed by atoms with Crippen molar-refractivity contribution in [2.45, 2.75) is 57.3 Å². The average molecular weight is 433 g/mol. The Morgan fingerprint density at radius 3 is 2.28 bits per heavy atom. The molecule has 29 heavy (non-hydrogen) atoms. The summed E-state index contributed by atoms with van der Waals surface area (Å²) in [7, 11) is 0. The largest absolute Gasteiger partial charge is 0.480 e. The normalized spacial score (nSPS) is 19.3. The molecular weight excluding hydrogens is 400 g/mol. The summed E-state index contributed by atoms with van der Waals surface area (Å²) in [6.45, 7) is 3.50. The standard InChI is InChI=1S/C18H32N4O6S/c1-10(2)14(17(26)20-12(18(27)28)6-8-29-3)22-16(25)13(9-23)21-15(24)11-5-4-7-19-11/h10-14,19,23H,4-9H2,1-3H3,(H,20,26)(H,21,24)(H,22,25)(H,27,28). The molecule has 1 aliphatic rings. The van der Waals surface area contributed by atoms with Crippen molar-refractivity contribution in [1.29, 1.82) is 0 Å². The van der Waals surface area contributed by atoms with Crippen LogP contribution in [0, 0.1) is 5.92 Å². The third-order valence-electron chi connectivity index (χ3n) is 4.66. The van der Waals surface area contributed by atoms with E-state index in [9.17, 15) is 29.4 Å². The van der Waals surface area contributed by atoms with E-state index in [1.165, 1.54) is 11.8 Å². The number of carboxylic acid groups (broad SMARTS) is 1. The van der Waals surface area contributed by atoms with Crippen molar-refractivity contribution in [3.8, 4) is 0 Å². The second-order valence-corrected chi connectivity index (χ2v) is 8.29. The lowest BCUT2D eigenvalue weighted by Gasteiger charge is -2.26. The van der Waals surface area contributed by atoms with Crippen LogP contribution in [0.4, 0.5) is 0 Å². The van der Waals surface area contributed by atoms with E-state index >= 15 is 0 Å². The summed E-state index contributed by atoms with van der Waals surface area (Å²) in [6.07, 6.45) is 3.59. The maximum absolute atomic E-state index is 12.6. The van der Waals surface area contributed by atoms with Gasteiger partial charge in [0.1, 0.15) is 18.1 Å². The molecule has 11 heteroatoms. The maximum Gasteiger partial charge on any atom is 0.326 e. The third kappa shape index (κ3) is 8.19. The first-order valence-electron chi connectivity index (χ1n) is 9.68. The Kier molecular flexibility index (Phi) is 11.0. The number of amides is 3. The molecule has 4 atom stereocenters. The van der Waals surface area contributed by atoms with E-state index in [4.69, 9.17) is 0 Å². The minimum absolute atomic E-state index is 0.255. The first kappa shape index (κ1) is 25.2. The number of carbonyl (C=O) groups excluding carboxylic acids is 3. The van der Waals surface area contributed by atoms with Gasteiger partial charge in [-0.05, 0) is 43.7 Å². The summed E-state index contributed by atoms with van der Waals surface area (Å²) >= 11 is 1.47. The zero-order valence-corrected chi connectivity index (χ0v) is 17.9. The van der Waals surface area contributed by atoms with Crippen molar-refractivity contribution in [3.05, 3.63) is 0 Å². The highest BCUT2D eigenvalue weighted by molar-refractivity contribution is 7.98. The third-order valence-corrected chi connectivity index (χ3v) is 5.31. The van der Waals surface area contributed by atoms with E-state index in [2.05, 4.69) is 21.3 Å². The molecule has 3 amide bonds. The zero-order valence-electron chi connectivity index (χ0n) is 17.1. The summed E-state index contributed by atoms with van der Waals surface area (Å²) in [5, 5.41) is 29.3. The summed E-state index contributed by atoms with van der Waals surface area (Å²) in [5.41, 5.74) is 0. The highest BCUT2D eigenvalue weighted by Gasteiger charge is 2.32. The minimum atomic E-state index is -1.20. The predicted octanol–water partition coefficient (Wildman–Crippen LogP) is -1.32. The summed E-state index contributed by atoms with van der Waals surface area (Å²) in [4.78, 5) is 48.7. The van der Waals surface area contributed by atoms with Crippen LogP contribution >= 0.6 is 11.8 Å². The first-order valence-corrected chi connectivity index (χ1v) is 11.1. The van der Waals surface area contributed by atoms with Gasteiger partial charge in [-0.15, -0.1) is 0 Å².